The number of hydrogen-bond acceptors (Lipinski definition) is 4. The van der Waals surface area contributed by atoms with E-state index in [1.54, 1.807) is 36.4 Å². The highest BCUT2D eigenvalue weighted by Crippen LogP contribution is 2.24. The van der Waals surface area contributed by atoms with Crippen LogP contribution in [-0.4, -0.2) is 41.1 Å². The molecule has 1 aliphatic rings. The molecule has 1 heterocycles. The number of rotatable bonds is 7. The first-order chi connectivity index (χ1) is 14.3. The standard InChI is InChI=1S/C22H22ClN3O4/c1-13(2)10-18-21(29)26(22(30)25-18)12-19(27)24-17-9-8-15(23)11-16(17)20(28)14-6-4-3-5-7-14/h3-9,11,13,18H,10,12H2,1-2H3,(H,24,27)(H,25,30)/t18-/m0/s1. The van der Waals surface area contributed by atoms with E-state index in [9.17, 15) is 19.2 Å². The molecule has 0 unspecified atom stereocenters. The fraction of sp³-hybridized carbons (Fsp3) is 0.273. The van der Waals surface area contributed by atoms with Crippen molar-refractivity contribution < 1.29 is 19.2 Å². The lowest BCUT2D eigenvalue weighted by molar-refractivity contribution is -0.131. The van der Waals surface area contributed by atoms with Crippen LogP contribution < -0.4 is 10.6 Å². The SMILES string of the molecule is CC(C)C[C@@H]1NC(=O)N(CC(=O)Nc2ccc(Cl)cc2C(=O)c2ccccc2)C1=O. The molecule has 7 nitrogen and oxygen atoms in total. The molecule has 0 saturated carbocycles. The van der Waals surface area contributed by atoms with Crippen molar-refractivity contribution >= 4 is 40.9 Å². The van der Waals surface area contributed by atoms with Crippen molar-refractivity contribution in [1.29, 1.82) is 0 Å². The number of anilines is 1. The first-order valence-corrected chi connectivity index (χ1v) is 9.95. The van der Waals surface area contributed by atoms with E-state index in [2.05, 4.69) is 10.6 Å². The summed E-state index contributed by atoms with van der Waals surface area (Å²) >= 11 is 6.05. The Bertz CT molecular complexity index is 991. The van der Waals surface area contributed by atoms with Crippen LogP contribution in [0.25, 0.3) is 0 Å². The van der Waals surface area contributed by atoms with E-state index in [-0.39, 0.29) is 23.0 Å². The van der Waals surface area contributed by atoms with Crippen LogP contribution >= 0.6 is 11.6 Å². The van der Waals surface area contributed by atoms with Gasteiger partial charge in [-0.3, -0.25) is 19.3 Å². The van der Waals surface area contributed by atoms with Crippen LogP contribution in [0.4, 0.5) is 10.5 Å². The molecular formula is C22H22ClN3O4. The van der Waals surface area contributed by atoms with Crippen LogP contribution in [0, 0.1) is 5.92 Å². The highest BCUT2D eigenvalue weighted by molar-refractivity contribution is 6.31. The number of imide groups is 1. The third-order valence-electron chi connectivity index (χ3n) is 4.65. The minimum absolute atomic E-state index is 0.216. The zero-order chi connectivity index (χ0) is 21.8. The topological polar surface area (TPSA) is 95.6 Å². The van der Waals surface area contributed by atoms with Gasteiger partial charge in [-0.25, -0.2) is 4.79 Å². The normalized spacial score (nSPS) is 16.0. The van der Waals surface area contributed by atoms with E-state index in [1.165, 1.54) is 12.1 Å². The number of nitrogens with one attached hydrogen (secondary N) is 2. The van der Waals surface area contributed by atoms with Crippen molar-refractivity contribution in [3.63, 3.8) is 0 Å². The summed E-state index contributed by atoms with van der Waals surface area (Å²) in [6.07, 6.45) is 0.496. The Morgan fingerprint density at radius 3 is 2.50 bits per heavy atom. The molecule has 4 amide bonds. The number of hydrogen-bond donors (Lipinski definition) is 2. The second-order valence-corrected chi connectivity index (χ2v) is 7.93. The van der Waals surface area contributed by atoms with Gasteiger partial charge in [-0.1, -0.05) is 55.8 Å². The molecule has 1 saturated heterocycles. The predicted molar refractivity (Wildman–Crippen MR) is 113 cm³/mol. The number of carbonyl (C=O) groups excluding carboxylic acids is 4. The summed E-state index contributed by atoms with van der Waals surface area (Å²) in [4.78, 5) is 50.8. The van der Waals surface area contributed by atoms with Crippen LogP contribution in [0.2, 0.25) is 5.02 Å². The zero-order valence-electron chi connectivity index (χ0n) is 16.6. The molecule has 0 spiro atoms. The first-order valence-electron chi connectivity index (χ1n) is 9.57. The molecule has 156 valence electrons. The van der Waals surface area contributed by atoms with E-state index in [1.807, 2.05) is 13.8 Å². The Balaban J connectivity index is 1.75. The van der Waals surface area contributed by atoms with E-state index >= 15 is 0 Å². The van der Waals surface area contributed by atoms with Crippen LogP contribution in [0.5, 0.6) is 0 Å². The van der Waals surface area contributed by atoms with E-state index in [0.717, 1.165) is 4.90 Å². The van der Waals surface area contributed by atoms with Crippen molar-refractivity contribution in [2.75, 3.05) is 11.9 Å². The number of amides is 4. The Kier molecular flexibility index (Phi) is 6.52. The largest absolute Gasteiger partial charge is 0.326 e. The third kappa shape index (κ3) is 4.86. The maximum atomic E-state index is 12.9. The molecule has 1 atom stereocenters. The molecule has 8 heteroatoms. The number of halogens is 1. The number of ketones is 1. The predicted octanol–water partition coefficient (Wildman–Crippen LogP) is 3.48. The number of benzene rings is 2. The smallest absolute Gasteiger partial charge is 0.325 e. The second-order valence-electron chi connectivity index (χ2n) is 7.49. The van der Waals surface area contributed by atoms with Gasteiger partial charge in [0.2, 0.25) is 5.91 Å². The molecule has 2 aromatic rings. The summed E-state index contributed by atoms with van der Waals surface area (Å²) in [5, 5.41) is 5.56. The van der Waals surface area contributed by atoms with E-state index < -0.39 is 30.4 Å². The monoisotopic (exact) mass is 427 g/mol. The van der Waals surface area contributed by atoms with Gasteiger partial charge in [0.15, 0.2) is 5.78 Å². The van der Waals surface area contributed by atoms with Gasteiger partial charge in [0.25, 0.3) is 5.91 Å². The van der Waals surface area contributed by atoms with Crippen LogP contribution in [0.3, 0.4) is 0 Å². The molecule has 0 aromatic heterocycles. The van der Waals surface area contributed by atoms with Gasteiger partial charge in [-0.15, -0.1) is 0 Å². The zero-order valence-corrected chi connectivity index (χ0v) is 17.4. The lowest BCUT2D eigenvalue weighted by atomic mass is 10.0. The number of carbonyl (C=O) groups is 4. The third-order valence-corrected chi connectivity index (χ3v) is 4.89. The maximum Gasteiger partial charge on any atom is 0.325 e. The van der Waals surface area contributed by atoms with Crippen LogP contribution in [0.1, 0.15) is 36.2 Å². The van der Waals surface area contributed by atoms with Crippen molar-refractivity contribution in [3.8, 4) is 0 Å². The van der Waals surface area contributed by atoms with Gasteiger partial charge < -0.3 is 10.6 Å². The molecule has 2 N–H and O–H groups in total. The van der Waals surface area contributed by atoms with Gasteiger partial charge in [0, 0.05) is 16.1 Å². The minimum Gasteiger partial charge on any atom is -0.326 e. The molecular weight excluding hydrogens is 406 g/mol. The highest BCUT2D eigenvalue weighted by atomic mass is 35.5. The summed E-state index contributed by atoms with van der Waals surface area (Å²) in [7, 11) is 0. The summed E-state index contributed by atoms with van der Waals surface area (Å²) in [6.45, 7) is 3.45. The number of urea groups is 1. The summed E-state index contributed by atoms with van der Waals surface area (Å²) in [6, 6.07) is 11.9. The Morgan fingerprint density at radius 1 is 1.13 bits per heavy atom. The Morgan fingerprint density at radius 2 is 1.83 bits per heavy atom. The molecule has 1 aliphatic heterocycles. The van der Waals surface area contributed by atoms with Crippen molar-refractivity contribution in [2.45, 2.75) is 26.3 Å². The lowest BCUT2D eigenvalue weighted by Gasteiger charge is -2.15. The first kappa shape index (κ1) is 21.5. The molecule has 0 aliphatic carbocycles. The lowest BCUT2D eigenvalue weighted by Crippen LogP contribution is -2.38. The fourth-order valence-electron chi connectivity index (χ4n) is 3.25. The quantitative estimate of drug-likeness (QED) is 0.522. The molecule has 2 aromatic carbocycles. The average molecular weight is 428 g/mol. The van der Waals surface area contributed by atoms with Crippen molar-refractivity contribution in [2.24, 2.45) is 5.92 Å². The van der Waals surface area contributed by atoms with E-state index in [0.29, 0.717) is 17.0 Å². The molecule has 3 rings (SSSR count). The average Bonchev–Trinajstić information content (AvgIpc) is 2.96. The Hall–Kier alpha value is -3.19. The summed E-state index contributed by atoms with van der Waals surface area (Å²) in [5.41, 5.74) is 0.918. The van der Waals surface area contributed by atoms with Crippen molar-refractivity contribution in [3.05, 3.63) is 64.7 Å². The van der Waals surface area contributed by atoms with Gasteiger partial charge in [-0.05, 0) is 30.5 Å². The van der Waals surface area contributed by atoms with Crippen LogP contribution in [-0.2, 0) is 9.59 Å². The number of nitrogens with zero attached hydrogens (tertiary/aromatic N) is 1. The van der Waals surface area contributed by atoms with Crippen molar-refractivity contribution in [1.82, 2.24) is 10.2 Å². The van der Waals surface area contributed by atoms with E-state index in [4.69, 9.17) is 11.6 Å². The van der Waals surface area contributed by atoms with Gasteiger partial charge >= 0.3 is 6.03 Å². The highest BCUT2D eigenvalue weighted by Gasteiger charge is 2.39. The van der Waals surface area contributed by atoms with Gasteiger partial charge in [0.05, 0.1) is 5.69 Å². The van der Waals surface area contributed by atoms with Gasteiger partial charge in [-0.2, -0.15) is 0 Å². The van der Waals surface area contributed by atoms with Crippen LogP contribution in [0.15, 0.2) is 48.5 Å². The second kappa shape index (κ2) is 9.09. The summed E-state index contributed by atoms with van der Waals surface area (Å²) in [5.74, 6) is -1.11. The molecule has 0 radical (unpaired) electrons. The fourth-order valence-corrected chi connectivity index (χ4v) is 3.42. The molecule has 0 bridgehead atoms. The molecule has 30 heavy (non-hydrogen) atoms. The Labute approximate surface area is 179 Å². The van der Waals surface area contributed by atoms with Gasteiger partial charge in [0.1, 0.15) is 12.6 Å². The molecule has 1 fully saturated rings. The minimum atomic E-state index is -0.629. The maximum absolute atomic E-state index is 12.9. The summed E-state index contributed by atoms with van der Waals surface area (Å²) < 4.78 is 0.